The third kappa shape index (κ3) is 3.70. The van der Waals surface area contributed by atoms with Crippen molar-refractivity contribution in [2.75, 3.05) is 13.7 Å². The summed E-state index contributed by atoms with van der Waals surface area (Å²) in [7, 11) is 1.57. The Morgan fingerprint density at radius 1 is 1.10 bits per heavy atom. The van der Waals surface area contributed by atoms with Crippen LogP contribution in [0.1, 0.15) is 5.56 Å². The topological polar surface area (TPSA) is 109 Å². The van der Waals surface area contributed by atoms with Crippen LogP contribution in [0, 0.1) is 0 Å². The lowest BCUT2D eigenvalue weighted by Crippen LogP contribution is -2.59. The van der Waals surface area contributed by atoms with Gasteiger partial charge in [-0.3, -0.25) is 0 Å². The number of aliphatic hydroxyl groups excluding tert-OH is 4. The molecule has 0 saturated carbocycles. The van der Waals surface area contributed by atoms with E-state index in [-0.39, 0.29) is 6.61 Å². The maximum Gasteiger partial charge on any atom is 0.184 e. The molecule has 0 spiro atoms. The number of benzene rings is 1. The Balaban J connectivity index is 1.98. The van der Waals surface area contributed by atoms with Gasteiger partial charge in [0.2, 0.25) is 0 Å². The van der Waals surface area contributed by atoms with Crippen molar-refractivity contribution in [3.63, 3.8) is 0 Å². The minimum atomic E-state index is -1.51. The molecule has 4 N–H and O–H groups in total. The summed E-state index contributed by atoms with van der Waals surface area (Å²) < 4.78 is 15.4. The number of aliphatic hydroxyl groups is 4. The fourth-order valence-corrected chi connectivity index (χ4v) is 2.18. The number of methoxy groups -OCH3 is 1. The van der Waals surface area contributed by atoms with Gasteiger partial charge in [-0.25, -0.2) is 0 Å². The second-order valence-corrected chi connectivity index (χ2v) is 4.85. The molecule has 1 aromatic rings. The first-order valence-electron chi connectivity index (χ1n) is 6.62. The van der Waals surface area contributed by atoms with Gasteiger partial charge in [-0.05, 0) is 17.7 Å². The zero-order chi connectivity index (χ0) is 15.4. The zero-order valence-electron chi connectivity index (χ0n) is 11.6. The Kier molecular flexibility index (Phi) is 5.51. The standard InChI is InChI=1S/C14H20O7/c1-19-9-4-2-8(3-5-9)7-20-13-11(16)10(6-15)21-14(18)12(13)17/h2-5,10-18H,6-7H2,1H3/t10-,11+,12-,13+,14+/m1/s1. The quantitative estimate of drug-likeness (QED) is 0.553. The van der Waals surface area contributed by atoms with Crippen LogP contribution < -0.4 is 4.74 Å². The van der Waals surface area contributed by atoms with Gasteiger partial charge in [0.05, 0.1) is 20.3 Å². The molecular formula is C14H20O7. The Morgan fingerprint density at radius 3 is 2.33 bits per heavy atom. The average Bonchev–Trinajstić information content (AvgIpc) is 2.51. The van der Waals surface area contributed by atoms with Crippen molar-refractivity contribution in [1.82, 2.24) is 0 Å². The van der Waals surface area contributed by atoms with Crippen LogP contribution in [-0.4, -0.2) is 64.8 Å². The number of rotatable bonds is 5. The molecule has 7 heteroatoms. The van der Waals surface area contributed by atoms with Crippen LogP contribution in [-0.2, 0) is 16.1 Å². The SMILES string of the molecule is COc1ccc(CO[C@@H]2[C@@H](O)[C@@H](O)O[C@H](CO)[C@@H]2O)cc1. The largest absolute Gasteiger partial charge is 0.497 e. The third-order valence-corrected chi connectivity index (χ3v) is 3.44. The van der Waals surface area contributed by atoms with Crippen molar-refractivity contribution in [3.8, 4) is 5.75 Å². The molecule has 1 aliphatic heterocycles. The molecule has 118 valence electrons. The van der Waals surface area contributed by atoms with Gasteiger partial charge in [0.25, 0.3) is 0 Å². The van der Waals surface area contributed by atoms with Crippen molar-refractivity contribution in [2.24, 2.45) is 0 Å². The lowest BCUT2D eigenvalue weighted by Gasteiger charge is -2.39. The minimum Gasteiger partial charge on any atom is -0.497 e. The van der Waals surface area contributed by atoms with Crippen molar-refractivity contribution >= 4 is 0 Å². The first-order valence-corrected chi connectivity index (χ1v) is 6.62. The molecular weight excluding hydrogens is 280 g/mol. The summed E-state index contributed by atoms with van der Waals surface area (Å²) in [6.07, 6.45) is -6.17. The van der Waals surface area contributed by atoms with Crippen LogP contribution in [0.5, 0.6) is 5.75 Å². The monoisotopic (exact) mass is 300 g/mol. The van der Waals surface area contributed by atoms with Crippen LogP contribution in [0.2, 0.25) is 0 Å². The minimum absolute atomic E-state index is 0.133. The molecule has 7 nitrogen and oxygen atoms in total. The van der Waals surface area contributed by atoms with Gasteiger partial charge < -0.3 is 34.6 Å². The zero-order valence-corrected chi connectivity index (χ0v) is 11.6. The summed E-state index contributed by atoms with van der Waals surface area (Å²) in [6, 6.07) is 7.11. The molecule has 0 unspecified atom stereocenters. The first-order chi connectivity index (χ1) is 10.1. The molecule has 1 fully saturated rings. The van der Waals surface area contributed by atoms with E-state index in [2.05, 4.69) is 0 Å². The summed E-state index contributed by atoms with van der Waals surface area (Å²) in [6.45, 7) is -0.346. The van der Waals surface area contributed by atoms with E-state index in [4.69, 9.17) is 19.3 Å². The lowest BCUT2D eigenvalue weighted by atomic mass is 9.99. The van der Waals surface area contributed by atoms with E-state index in [0.29, 0.717) is 5.75 Å². The molecule has 0 aliphatic carbocycles. The van der Waals surface area contributed by atoms with Crippen LogP contribution >= 0.6 is 0 Å². The van der Waals surface area contributed by atoms with Crippen molar-refractivity contribution < 1.29 is 34.6 Å². The highest BCUT2D eigenvalue weighted by molar-refractivity contribution is 5.26. The van der Waals surface area contributed by atoms with Crippen molar-refractivity contribution in [3.05, 3.63) is 29.8 Å². The number of hydrogen-bond acceptors (Lipinski definition) is 7. The number of ether oxygens (including phenoxy) is 3. The van der Waals surface area contributed by atoms with Crippen LogP contribution in [0.15, 0.2) is 24.3 Å². The summed E-state index contributed by atoms with van der Waals surface area (Å²) in [5, 5.41) is 38.4. The first kappa shape index (κ1) is 16.2. The van der Waals surface area contributed by atoms with Crippen molar-refractivity contribution in [1.29, 1.82) is 0 Å². The molecule has 0 amide bonds. The smallest absolute Gasteiger partial charge is 0.184 e. The second-order valence-electron chi connectivity index (χ2n) is 4.85. The Bertz CT molecular complexity index is 435. The van der Waals surface area contributed by atoms with Gasteiger partial charge in [0.1, 0.15) is 30.2 Å². The summed E-state index contributed by atoms with van der Waals surface area (Å²) in [5.74, 6) is 0.709. The van der Waals surface area contributed by atoms with E-state index in [0.717, 1.165) is 5.56 Å². The normalized spacial score (nSPS) is 32.9. The molecule has 1 aromatic carbocycles. The van der Waals surface area contributed by atoms with E-state index in [1.54, 1.807) is 31.4 Å². The average molecular weight is 300 g/mol. The molecule has 0 bridgehead atoms. The van der Waals surface area contributed by atoms with Gasteiger partial charge >= 0.3 is 0 Å². The highest BCUT2D eigenvalue weighted by Gasteiger charge is 2.44. The van der Waals surface area contributed by atoms with Crippen molar-refractivity contribution in [2.45, 2.75) is 37.3 Å². The van der Waals surface area contributed by atoms with E-state index in [1.807, 2.05) is 0 Å². The summed E-state index contributed by atoms with van der Waals surface area (Å²) in [5.41, 5.74) is 0.816. The van der Waals surface area contributed by atoms with Crippen LogP contribution in [0.4, 0.5) is 0 Å². The van der Waals surface area contributed by atoms with Crippen LogP contribution in [0.3, 0.4) is 0 Å². The molecule has 0 radical (unpaired) electrons. The van der Waals surface area contributed by atoms with E-state index in [1.165, 1.54) is 0 Å². The predicted molar refractivity (Wildman–Crippen MR) is 71.6 cm³/mol. The Morgan fingerprint density at radius 2 is 1.76 bits per heavy atom. The van der Waals surface area contributed by atoms with Crippen LogP contribution in [0.25, 0.3) is 0 Å². The molecule has 5 atom stereocenters. The van der Waals surface area contributed by atoms with E-state index < -0.39 is 37.3 Å². The third-order valence-electron chi connectivity index (χ3n) is 3.44. The molecule has 21 heavy (non-hydrogen) atoms. The van der Waals surface area contributed by atoms with E-state index >= 15 is 0 Å². The highest BCUT2D eigenvalue weighted by Crippen LogP contribution is 2.23. The molecule has 0 aromatic heterocycles. The highest BCUT2D eigenvalue weighted by atomic mass is 16.6. The van der Waals surface area contributed by atoms with Gasteiger partial charge in [0, 0.05) is 0 Å². The lowest BCUT2D eigenvalue weighted by molar-refractivity contribution is -0.296. The maximum absolute atomic E-state index is 9.98. The molecule has 1 aliphatic rings. The van der Waals surface area contributed by atoms with Gasteiger partial charge in [-0.1, -0.05) is 12.1 Å². The Labute approximate surface area is 122 Å². The molecule has 1 heterocycles. The van der Waals surface area contributed by atoms with E-state index in [9.17, 15) is 15.3 Å². The predicted octanol–water partition coefficient (Wildman–Crippen LogP) is -0.988. The van der Waals surface area contributed by atoms with Gasteiger partial charge in [-0.15, -0.1) is 0 Å². The fourth-order valence-electron chi connectivity index (χ4n) is 2.18. The van der Waals surface area contributed by atoms with Gasteiger partial charge in [0.15, 0.2) is 6.29 Å². The molecule has 1 saturated heterocycles. The maximum atomic E-state index is 9.98. The summed E-state index contributed by atoms with van der Waals surface area (Å²) >= 11 is 0. The van der Waals surface area contributed by atoms with Gasteiger partial charge in [-0.2, -0.15) is 0 Å². The fraction of sp³-hybridized carbons (Fsp3) is 0.571. The molecule has 2 rings (SSSR count). The Hall–Kier alpha value is -1.22. The summed E-state index contributed by atoms with van der Waals surface area (Å²) in [4.78, 5) is 0. The second kappa shape index (κ2) is 7.17. The number of hydrogen-bond donors (Lipinski definition) is 4.